The summed E-state index contributed by atoms with van der Waals surface area (Å²) in [6, 6.07) is 14.5. The number of aromatic hydroxyl groups is 1. The average molecular weight is 455 g/mol. The highest BCUT2D eigenvalue weighted by molar-refractivity contribution is 9.10. The Morgan fingerprint density at radius 1 is 1.14 bits per heavy atom. The minimum absolute atomic E-state index is 0.0913. The summed E-state index contributed by atoms with van der Waals surface area (Å²) in [6.07, 6.45) is 5.56. The van der Waals surface area contributed by atoms with Crippen molar-refractivity contribution in [3.05, 3.63) is 88.3 Å². The number of halogens is 1. The van der Waals surface area contributed by atoms with Gasteiger partial charge in [-0.3, -0.25) is 4.79 Å². The molecule has 8 heteroatoms. The van der Waals surface area contributed by atoms with Crippen LogP contribution in [0.5, 0.6) is 11.5 Å². The van der Waals surface area contributed by atoms with Gasteiger partial charge in [-0.1, -0.05) is 28.1 Å². The highest BCUT2D eigenvalue weighted by Gasteiger charge is 2.10. The lowest BCUT2D eigenvalue weighted by Crippen LogP contribution is -2.17. The molecule has 1 amide bonds. The van der Waals surface area contributed by atoms with Gasteiger partial charge in [-0.05, 0) is 48.5 Å². The van der Waals surface area contributed by atoms with E-state index in [0.29, 0.717) is 11.3 Å². The van der Waals surface area contributed by atoms with E-state index in [1.54, 1.807) is 42.5 Å². The number of hydrogen-bond donors (Lipinski definition) is 2. The summed E-state index contributed by atoms with van der Waals surface area (Å²) in [4.78, 5) is 24.1. The van der Waals surface area contributed by atoms with Gasteiger partial charge in [-0.25, -0.2) is 10.2 Å². The summed E-state index contributed by atoms with van der Waals surface area (Å²) in [5.41, 5.74) is 2.87. The minimum atomic E-state index is -0.600. The summed E-state index contributed by atoms with van der Waals surface area (Å²) in [5.74, 6) is -0.555. The topological polar surface area (TPSA) is 101 Å². The lowest BCUT2D eigenvalue weighted by Gasteiger charge is -2.06. The van der Waals surface area contributed by atoms with Crippen molar-refractivity contribution in [3.63, 3.8) is 0 Å². The third kappa shape index (κ3) is 5.66. The number of benzene rings is 2. The Kier molecular flexibility index (Phi) is 6.59. The van der Waals surface area contributed by atoms with Gasteiger partial charge in [-0.15, -0.1) is 0 Å². The standard InChI is InChI=1S/C21H15BrN2O5/c22-15-7-9-19(29-20(26)10-8-16-4-3-11-28-16)14(12-15)13-23-24-21(27)17-5-1-2-6-18(17)25/h1-13,25H,(H,24,27)/b10-8+,23-13+. The third-order valence-electron chi connectivity index (χ3n) is 3.63. The number of esters is 1. The highest BCUT2D eigenvalue weighted by Crippen LogP contribution is 2.22. The number of furan rings is 1. The number of hydrazone groups is 1. The molecule has 0 aliphatic carbocycles. The molecule has 0 saturated heterocycles. The first kappa shape index (κ1) is 20.1. The van der Waals surface area contributed by atoms with Crippen molar-refractivity contribution in [2.24, 2.45) is 5.10 Å². The summed E-state index contributed by atoms with van der Waals surface area (Å²) >= 11 is 3.34. The van der Waals surface area contributed by atoms with Gasteiger partial charge in [0.05, 0.1) is 18.0 Å². The molecule has 3 rings (SSSR count). The van der Waals surface area contributed by atoms with E-state index in [9.17, 15) is 14.7 Å². The smallest absolute Gasteiger partial charge is 0.336 e. The molecule has 29 heavy (non-hydrogen) atoms. The number of hydrogen-bond acceptors (Lipinski definition) is 6. The molecule has 2 N–H and O–H groups in total. The summed E-state index contributed by atoms with van der Waals surface area (Å²) in [7, 11) is 0. The predicted octanol–water partition coefficient (Wildman–Crippen LogP) is 4.13. The van der Waals surface area contributed by atoms with Crippen molar-refractivity contribution < 1.29 is 23.8 Å². The van der Waals surface area contributed by atoms with E-state index in [4.69, 9.17) is 9.15 Å². The van der Waals surface area contributed by atoms with Gasteiger partial charge in [0.15, 0.2) is 0 Å². The monoisotopic (exact) mass is 454 g/mol. The number of carbonyl (C=O) groups is 2. The fraction of sp³-hybridized carbons (Fsp3) is 0. The number of nitrogens with one attached hydrogen (secondary N) is 1. The number of phenolic OH excluding ortho intramolecular Hbond substituents is 1. The molecule has 146 valence electrons. The van der Waals surface area contributed by atoms with Crippen LogP contribution in [0.15, 0.2) is 80.9 Å². The summed E-state index contributed by atoms with van der Waals surface area (Å²) < 4.78 is 11.2. The molecule has 0 fully saturated rings. The molecule has 0 atom stereocenters. The summed E-state index contributed by atoms with van der Waals surface area (Å²) in [5, 5.41) is 13.6. The van der Waals surface area contributed by atoms with Crippen LogP contribution in [0.4, 0.5) is 0 Å². The second-order valence-electron chi connectivity index (χ2n) is 5.67. The lowest BCUT2D eigenvalue weighted by molar-refractivity contribution is -0.128. The van der Waals surface area contributed by atoms with Crippen molar-refractivity contribution >= 4 is 40.1 Å². The van der Waals surface area contributed by atoms with Crippen LogP contribution in [-0.2, 0) is 4.79 Å². The first-order chi connectivity index (χ1) is 14.0. The number of amides is 1. The molecular formula is C21H15BrN2O5. The van der Waals surface area contributed by atoms with E-state index in [1.165, 1.54) is 36.8 Å². The molecule has 0 spiro atoms. The van der Waals surface area contributed by atoms with Crippen molar-refractivity contribution in [3.8, 4) is 11.5 Å². The minimum Gasteiger partial charge on any atom is -0.507 e. The zero-order chi connectivity index (χ0) is 20.6. The van der Waals surface area contributed by atoms with E-state index >= 15 is 0 Å². The van der Waals surface area contributed by atoms with Crippen molar-refractivity contribution in [2.45, 2.75) is 0 Å². The molecule has 1 heterocycles. The van der Waals surface area contributed by atoms with Crippen LogP contribution in [0.2, 0.25) is 0 Å². The van der Waals surface area contributed by atoms with Gasteiger partial charge in [0, 0.05) is 16.1 Å². The second-order valence-corrected chi connectivity index (χ2v) is 6.58. The maximum Gasteiger partial charge on any atom is 0.336 e. The van der Waals surface area contributed by atoms with Crippen LogP contribution in [0, 0.1) is 0 Å². The molecule has 7 nitrogen and oxygen atoms in total. The Bertz CT molecular complexity index is 1070. The number of carbonyl (C=O) groups excluding carboxylic acids is 2. The Morgan fingerprint density at radius 2 is 1.97 bits per heavy atom. The Labute approximate surface area is 174 Å². The van der Waals surface area contributed by atoms with Crippen LogP contribution in [0.25, 0.3) is 6.08 Å². The molecule has 0 unspecified atom stereocenters. The maximum atomic E-state index is 12.1. The SMILES string of the molecule is O=C(/C=C/c1ccco1)Oc1ccc(Br)cc1/C=N/NC(=O)c1ccccc1O. The zero-order valence-electron chi connectivity index (χ0n) is 14.9. The van der Waals surface area contributed by atoms with Crippen molar-refractivity contribution in [2.75, 3.05) is 0 Å². The van der Waals surface area contributed by atoms with Gasteiger partial charge in [-0.2, -0.15) is 5.10 Å². The fourth-order valence-corrected chi connectivity index (χ4v) is 2.66. The number of para-hydroxylation sites is 1. The predicted molar refractivity (Wildman–Crippen MR) is 111 cm³/mol. The van der Waals surface area contributed by atoms with Crippen LogP contribution in [0.1, 0.15) is 21.7 Å². The van der Waals surface area contributed by atoms with Crippen LogP contribution >= 0.6 is 15.9 Å². The molecule has 0 bridgehead atoms. The zero-order valence-corrected chi connectivity index (χ0v) is 16.5. The second kappa shape index (κ2) is 9.52. The first-order valence-corrected chi connectivity index (χ1v) is 9.16. The van der Waals surface area contributed by atoms with Crippen molar-refractivity contribution in [1.29, 1.82) is 0 Å². The van der Waals surface area contributed by atoms with Gasteiger partial charge >= 0.3 is 5.97 Å². The fourth-order valence-electron chi connectivity index (χ4n) is 2.28. The Morgan fingerprint density at radius 3 is 2.72 bits per heavy atom. The number of rotatable bonds is 6. The molecule has 0 saturated carbocycles. The molecule has 0 radical (unpaired) electrons. The number of nitrogens with zero attached hydrogens (tertiary/aromatic N) is 1. The van der Waals surface area contributed by atoms with Crippen LogP contribution in [-0.4, -0.2) is 23.2 Å². The van der Waals surface area contributed by atoms with Crippen molar-refractivity contribution in [1.82, 2.24) is 5.43 Å². The molecular weight excluding hydrogens is 440 g/mol. The maximum absolute atomic E-state index is 12.1. The third-order valence-corrected chi connectivity index (χ3v) is 4.12. The average Bonchev–Trinajstić information content (AvgIpc) is 3.22. The van der Waals surface area contributed by atoms with E-state index in [-0.39, 0.29) is 17.1 Å². The van der Waals surface area contributed by atoms with Crippen LogP contribution < -0.4 is 10.2 Å². The van der Waals surface area contributed by atoms with E-state index < -0.39 is 11.9 Å². The lowest BCUT2D eigenvalue weighted by atomic mass is 10.2. The van der Waals surface area contributed by atoms with Gasteiger partial charge in [0.25, 0.3) is 5.91 Å². The van der Waals surface area contributed by atoms with Gasteiger partial charge in [0.1, 0.15) is 17.3 Å². The quantitative estimate of drug-likeness (QED) is 0.191. The highest BCUT2D eigenvalue weighted by atomic mass is 79.9. The van der Waals surface area contributed by atoms with Crippen LogP contribution in [0.3, 0.4) is 0 Å². The Balaban J connectivity index is 1.69. The van der Waals surface area contributed by atoms with E-state index in [0.717, 1.165) is 4.47 Å². The molecule has 1 aromatic heterocycles. The van der Waals surface area contributed by atoms with E-state index in [2.05, 4.69) is 26.5 Å². The molecule has 3 aromatic rings. The van der Waals surface area contributed by atoms with E-state index in [1.807, 2.05) is 0 Å². The largest absolute Gasteiger partial charge is 0.507 e. The Hall–Kier alpha value is -3.65. The number of phenols is 1. The van der Waals surface area contributed by atoms with Gasteiger partial charge in [0.2, 0.25) is 0 Å². The number of ether oxygens (including phenoxy) is 1. The molecule has 0 aliphatic heterocycles. The molecule has 2 aromatic carbocycles. The van der Waals surface area contributed by atoms with Gasteiger partial charge < -0.3 is 14.3 Å². The first-order valence-electron chi connectivity index (χ1n) is 8.37. The normalized spacial score (nSPS) is 11.1. The summed E-state index contributed by atoms with van der Waals surface area (Å²) in [6.45, 7) is 0. The molecule has 0 aliphatic rings.